The summed E-state index contributed by atoms with van der Waals surface area (Å²) in [5, 5.41) is 3.16. The summed E-state index contributed by atoms with van der Waals surface area (Å²) in [6, 6.07) is 19.7. The maximum absolute atomic E-state index is 5.89. The van der Waals surface area contributed by atoms with E-state index in [1.54, 1.807) is 6.07 Å². The number of nitrogens with zero attached hydrogens (tertiary/aromatic N) is 2. The largest absolute Gasteiger partial charge is 0.384 e. The van der Waals surface area contributed by atoms with E-state index in [0.29, 0.717) is 11.8 Å². The molecule has 0 spiro atoms. The maximum atomic E-state index is 5.89. The molecule has 104 valence electrons. The van der Waals surface area contributed by atoms with Crippen LogP contribution in [0, 0.1) is 6.92 Å². The van der Waals surface area contributed by atoms with E-state index in [1.807, 2.05) is 42.5 Å². The van der Waals surface area contributed by atoms with Crippen LogP contribution in [0.4, 0.5) is 17.5 Å². The van der Waals surface area contributed by atoms with Crippen molar-refractivity contribution in [2.45, 2.75) is 6.92 Å². The summed E-state index contributed by atoms with van der Waals surface area (Å²) in [7, 11) is 0. The van der Waals surface area contributed by atoms with E-state index in [9.17, 15) is 0 Å². The molecule has 0 atom stereocenters. The van der Waals surface area contributed by atoms with Crippen LogP contribution in [0.2, 0.25) is 0 Å². The van der Waals surface area contributed by atoms with Crippen LogP contribution in [-0.4, -0.2) is 9.97 Å². The average molecular weight is 276 g/mol. The van der Waals surface area contributed by atoms with Gasteiger partial charge in [-0.25, -0.2) is 4.98 Å². The highest BCUT2D eigenvalue weighted by Crippen LogP contribution is 2.22. The van der Waals surface area contributed by atoms with Crippen molar-refractivity contribution in [3.8, 4) is 11.3 Å². The zero-order valence-electron chi connectivity index (χ0n) is 11.7. The molecule has 0 radical (unpaired) electrons. The van der Waals surface area contributed by atoms with Gasteiger partial charge < -0.3 is 11.1 Å². The molecule has 0 saturated heterocycles. The fourth-order valence-electron chi connectivity index (χ4n) is 2.04. The van der Waals surface area contributed by atoms with Gasteiger partial charge in [-0.1, -0.05) is 48.0 Å². The third kappa shape index (κ3) is 3.17. The number of nitrogens with two attached hydrogens (primary N) is 1. The first kappa shape index (κ1) is 13.1. The lowest BCUT2D eigenvalue weighted by molar-refractivity contribution is 1.18. The first-order valence-electron chi connectivity index (χ1n) is 6.74. The minimum atomic E-state index is 0.444. The second-order valence-electron chi connectivity index (χ2n) is 4.86. The molecular weight excluding hydrogens is 260 g/mol. The van der Waals surface area contributed by atoms with Gasteiger partial charge in [-0.3, -0.25) is 0 Å². The highest BCUT2D eigenvalue weighted by atomic mass is 15.1. The first-order chi connectivity index (χ1) is 10.2. The number of nitrogen functional groups attached to an aromatic ring is 1. The number of hydrogen-bond donors (Lipinski definition) is 2. The van der Waals surface area contributed by atoms with Gasteiger partial charge in [-0.15, -0.1) is 0 Å². The summed E-state index contributed by atoms with van der Waals surface area (Å²) in [6.07, 6.45) is 0. The normalized spacial score (nSPS) is 10.3. The van der Waals surface area contributed by atoms with E-state index in [0.717, 1.165) is 16.9 Å². The lowest BCUT2D eigenvalue weighted by atomic mass is 10.1. The average Bonchev–Trinajstić information content (AvgIpc) is 2.48. The zero-order valence-corrected chi connectivity index (χ0v) is 11.7. The van der Waals surface area contributed by atoms with Crippen molar-refractivity contribution in [2.75, 3.05) is 11.1 Å². The Morgan fingerprint density at radius 1 is 0.905 bits per heavy atom. The fourth-order valence-corrected chi connectivity index (χ4v) is 2.04. The summed E-state index contributed by atoms with van der Waals surface area (Å²) in [5.74, 6) is 0.941. The quantitative estimate of drug-likeness (QED) is 0.764. The van der Waals surface area contributed by atoms with E-state index in [4.69, 9.17) is 5.73 Å². The molecule has 4 heteroatoms. The second-order valence-corrected chi connectivity index (χ2v) is 4.86. The van der Waals surface area contributed by atoms with Crippen LogP contribution in [0.25, 0.3) is 11.3 Å². The van der Waals surface area contributed by atoms with Crippen LogP contribution in [0.15, 0.2) is 60.7 Å². The number of hydrogen-bond acceptors (Lipinski definition) is 4. The van der Waals surface area contributed by atoms with Crippen LogP contribution < -0.4 is 11.1 Å². The minimum Gasteiger partial charge on any atom is -0.384 e. The van der Waals surface area contributed by atoms with Crippen LogP contribution in [0.3, 0.4) is 0 Å². The van der Waals surface area contributed by atoms with Gasteiger partial charge in [0.25, 0.3) is 0 Å². The Hall–Kier alpha value is -2.88. The summed E-state index contributed by atoms with van der Waals surface area (Å²) in [6.45, 7) is 2.06. The summed E-state index contributed by atoms with van der Waals surface area (Å²) in [4.78, 5) is 8.75. The second kappa shape index (κ2) is 5.63. The number of nitrogens with one attached hydrogen (secondary N) is 1. The Morgan fingerprint density at radius 2 is 1.62 bits per heavy atom. The van der Waals surface area contributed by atoms with E-state index >= 15 is 0 Å². The van der Waals surface area contributed by atoms with E-state index < -0.39 is 0 Å². The number of rotatable bonds is 3. The Bertz CT molecular complexity index is 736. The van der Waals surface area contributed by atoms with Gasteiger partial charge in [-0.2, -0.15) is 4.98 Å². The molecule has 2 aromatic carbocycles. The Balaban J connectivity index is 1.94. The van der Waals surface area contributed by atoms with Crippen LogP contribution in [0.5, 0.6) is 0 Å². The molecule has 3 N–H and O–H groups in total. The third-order valence-electron chi connectivity index (χ3n) is 3.12. The highest BCUT2D eigenvalue weighted by molar-refractivity contribution is 5.65. The van der Waals surface area contributed by atoms with E-state index in [2.05, 4.69) is 34.3 Å². The van der Waals surface area contributed by atoms with Crippen LogP contribution >= 0.6 is 0 Å². The van der Waals surface area contributed by atoms with Gasteiger partial charge >= 0.3 is 0 Å². The van der Waals surface area contributed by atoms with Crippen molar-refractivity contribution in [2.24, 2.45) is 0 Å². The van der Waals surface area contributed by atoms with E-state index in [-0.39, 0.29) is 0 Å². The molecular formula is C17H16N4. The molecule has 3 rings (SSSR count). The van der Waals surface area contributed by atoms with Crippen molar-refractivity contribution in [3.05, 3.63) is 66.2 Å². The smallest absolute Gasteiger partial charge is 0.229 e. The summed E-state index contributed by atoms with van der Waals surface area (Å²) >= 11 is 0. The van der Waals surface area contributed by atoms with Gasteiger partial charge in [-0.05, 0) is 19.1 Å². The molecule has 21 heavy (non-hydrogen) atoms. The molecule has 0 saturated carbocycles. The van der Waals surface area contributed by atoms with Crippen LogP contribution in [0.1, 0.15) is 5.56 Å². The van der Waals surface area contributed by atoms with Gasteiger partial charge in [0.1, 0.15) is 5.82 Å². The van der Waals surface area contributed by atoms with E-state index in [1.165, 1.54) is 5.56 Å². The molecule has 0 bridgehead atoms. The Kier molecular flexibility index (Phi) is 3.51. The van der Waals surface area contributed by atoms with Gasteiger partial charge in [0, 0.05) is 17.3 Å². The lowest BCUT2D eigenvalue weighted by Gasteiger charge is -2.08. The molecule has 0 amide bonds. The Morgan fingerprint density at radius 3 is 2.33 bits per heavy atom. The molecule has 1 aromatic heterocycles. The van der Waals surface area contributed by atoms with Crippen molar-refractivity contribution in [3.63, 3.8) is 0 Å². The van der Waals surface area contributed by atoms with Gasteiger partial charge in [0.05, 0.1) is 5.69 Å². The fraction of sp³-hybridized carbons (Fsp3) is 0.0588. The van der Waals surface area contributed by atoms with Crippen LogP contribution in [-0.2, 0) is 0 Å². The van der Waals surface area contributed by atoms with Crippen molar-refractivity contribution in [1.29, 1.82) is 0 Å². The van der Waals surface area contributed by atoms with Gasteiger partial charge in [0.2, 0.25) is 5.95 Å². The SMILES string of the molecule is Cc1ccc(-c2cc(N)nc(Nc3ccccc3)n2)cc1. The number of benzene rings is 2. The predicted octanol–water partition coefficient (Wildman–Crippen LogP) is 3.78. The monoisotopic (exact) mass is 276 g/mol. The number of anilines is 3. The highest BCUT2D eigenvalue weighted by Gasteiger charge is 2.05. The molecule has 0 unspecified atom stereocenters. The molecule has 0 fully saturated rings. The minimum absolute atomic E-state index is 0.444. The lowest BCUT2D eigenvalue weighted by Crippen LogP contribution is -2.01. The summed E-state index contributed by atoms with van der Waals surface area (Å²) < 4.78 is 0. The molecule has 0 aliphatic heterocycles. The number of para-hydroxylation sites is 1. The number of aryl methyl sites for hydroxylation is 1. The molecule has 1 heterocycles. The predicted molar refractivity (Wildman–Crippen MR) is 86.3 cm³/mol. The van der Waals surface area contributed by atoms with Crippen molar-refractivity contribution >= 4 is 17.5 Å². The van der Waals surface area contributed by atoms with Crippen molar-refractivity contribution in [1.82, 2.24) is 9.97 Å². The molecule has 0 aliphatic rings. The zero-order chi connectivity index (χ0) is 14.7. The molecule has 4 nitrogen and oxygen atoms in total. The van der Waals surface area contributed by atoms with Crippen molar-refractivity contribution < 1.29 is 0 Å². The van der Waals surface area contributed by atoms with Gasteiger partial charge in [0.15, 0.2) is 0 Å². The third-order valence-corrected chi connectivity index (χ3v) is 3.12. The topological polar surface area (TPSA) is 63.8 Å². The summed E-state index contributed by atoms with van der Waals surface area (Å²) in [5.41, 5.74) is 9.86. The molecule has 0 aliphatic carbocycles. The Labute approximate surface area is 123 Å². The molecule has 3 aromatic rings. The maximum Gasteiger partial charge on any atom is 0.229 e. The first-order valence-corrected chi connectivity index (χ1v) is 6.74. The number of aromatic nitrogens is 2. The standard InChI is InChI=1S/C17H16N4/c1-12-7-9-13(10-8-12)15-11-16(18)21-17(20-15)19-14-5-3-2-4-6-14/h2-11H,1H3,(H3,18,19,20,21).